The van der Waals surface area contributed by atoms with Crippen LogP contribution in [0.15, 0.2) is 51.4 Å². The van der Waals surface area contributed by atoms with E-state index in [-0.39, 0.29) is 0 Å². The Kier molecular flexibility index (Phi) is 4.40. The molecule has 0 atom stereocenters. The molecule has 0 aliphatic carbocycles. The summed E-state index contributed by atoms with van der Waals surface area (Å²) in [4.78, 5) is 0. The molecular weight excluding hydrogens is 356 g/mol. The molecule has 1 N–H and O–H groups in total. The summed E-state index contributed by atoms with van der Waals surface area (Å²) in [6.45, 7) is 0.616. The number of halogens is 2. The SMILES string of the molecule is N#Cc1ccccc1CNc1c(Br)cccc1Br. The van der Waals surface area contributed by atoms with Crippen LogP contribution >= 0.6 is 31.9 Å². The quantitative estimate of drug-likeness (QED) is 0.855. The van der Waals surface area contributed by atoms with Crippen LogP contribution in [0.2, 0.25) is 0 Å². The zero-order valence-electron chi connectivity index (χ0n) is 9.45. The van der Waals surface area contributed by atoms with Gasteiger partial charge in [-0.2, -0.15) is 5.26 Å². The van der Waals surface area contributed by atoms with E-state index in [0.717, 1.165) is 20.2 Å². The summed E-state index contributed by atoms with van der Waals surface area (Å²) in [7, 11) is 0. The summed E-state index contributed by atoms with van der Waals surface area (Å²) < 4.78 is 1.98. The molecule has 4 heteroatoms. The second-order valence-corrected chi connectivity index (χ2v) is 5.43. The van der Waals surface area contributed by atoms with Crippen LogP contribution in [-0.2, 0) is 6.54 Å². The minimum absolute atomic E-state index is 0.616. The molecule has 0 amide bonds. The number of nitriles is 1. The predicted molar refractivity (Wildman–Crippen MR) is 80.3 cm³/mol. The van der Waals surface area contributed by atoms with Crippen molar-refractivity contribution in [3.8, 4) is 6.07 Å². The summed E-state index contributed by atoms with van der Waals surface area (Å²) in [5, 5.41) is 12.4. The predicted octanol–water partition coefficient (Wildman–Crippen LogP) is 4.70. The Morgan fingerprint density at radius 1 is 1.00 bits per heavy atom. The minimum atomic E-state index is 0.616. The molecule has 0 aromatic heterocycles. The standard InChI is InChI=1S/C14H10Br2N2/c15-12-6-3-7-13(16)14(12)18-9-11-5-2-1-4-10(11)8-17/h1-7,18H,9H2. The van der Waals surface area contributed by atoms with Gasteiger partial charge in [0.1, 0.15) is 0 Å². The van der Waals surface area contributed by atoms with Crippen LogP contribution in [0.25, 0.3) is 0 Å². The van der Waals surface area contributed by atoms with Crippen LogP contribution < -0.4 is 5.32 Å². The van der Waals surface area contributed by atoms with Crippen LogP contribution in [-0.4, -0.2) is 0 Å². The van der Waals surface area contributed by atoms with Gasteiger partial charge in [-0.1, -0.05) is 24.3 Å². The van der Waals surface area contributed by atoms with Crippen molar-refractivity contribution in [1.29, 1.82) is 5.26 Å². The lowest BCUT2D eigenvalue weighted by Gasteiger charge is -2.11. The smallest absolute Gasteiger partial charge is 0.0995 e. The number of nitrogens with zero attached hydrogens (tertiary/aromatic N) is 1. The van der Waals surface area contributed by atoms with E-state index >= 15 is 0 Å². The number of hydrogen-bond donors (Lipinski definition) is 1. The summed E-state index contributed by atoms with van der Waals surface area (Å²) in [5.41, 5.74) is 2.68. The molecule has 2 rings (SSSR count). The lowest BCUT2D eigenvalue weighted by Crippen LogP contribution is -2.02. The lowest BCUT2D eigenvalue weighted by atomic mass is 10.1. The van der Waals surface area contributed by atoms with Crippen molar-refractivity contribution in [2.75, 3.05) is 5.32 Å². The summed E-state index contributed by atoms with van der Waals surface area (Å²) in [6.07, 6.45) is 0. The fourth-order valence-corrected chi connectivity index (χ4v) is 2.91. The molecule has 0 heterocycles. The van der Waals surface area contributed by atoms with E-state index in [2.05, 4.69) is 43.2 Å². The monoisotopic (exact) mass is 364 g/mol. The second kappa shape index (κ2) is 6.03. The van der Waals surface area contributed by atoms with E-state index in [9.17, 15) is 0 Å². The molecule has 0 aliphatic rings. The molecule has 90 valence electrons. The highest BCUT2D eigenvalue weighted by atomic mass is 79.9. The minimum Gasteiger partial charge on any atom is -0.379 e. The molecule has 2 nitrogen and oxygen atoms in total. The third-order valence-electron chi connectivity index (χ3n) is 2.56. The molecule has 0 unspecified atom stereocenters. The van der Waals surface area contributed by atoms with Crippen LogP contribution in [0, 0.1) is 11.3 Å². The van der Waals surface area contributed by atoms with E-state index in [0.29, 0.717) is 12.1 Å². The average Bonchev–Trinajstić information content (AvgIpc) is 2.38. The molecule has 2 aromatic rings. The number of nitrogens with one attached hydrogen (secondary N) is 1. The van der Waals surface area contributed by atoms with Gasteiger partial charge in [0.15, 0.2) is 0 Å². The lowest BCUT2D eigenvalue weighted by molar-refractivity contribution is 1.13. The first-order chi connectivity index (χ1) is 8.72. The maximum atomic E-state index is 9.03. The van der Waals surface area contributed by atoms with Gasteiger partial charge in [-0.05, 0) is 55.6 Å². The van der Waals surface area contributed by atoms with Crippen LogP contribution in [0.5, 0.6) is 0 Å². The zero-order chi connectivity index (χ0) is 13.0. The Balaban J connectivity index is 2.20. The number of rotatable bonds is 3. The first-order valence-corrected chi connectivity index (χ1v) is 6.97. The van der Waals surface area contributed by atoms with Gasteiger partial charge >= 0.3 is 0 Å². The largest absolute Gasteiger partial charge is 0.379 e. The fraction of sp³-hybridized carbons (Fsp3) is 0.0714. The summed E-state index contributed by atoms with van der Waals surface area (Å²) in [6, 6.07) is 15.7. The molecule has 0 radical (unpaired) electrons. The first-order valence-electron chi connectivity index (χ1n) is 5.38. The molecule has 0 fully saturated rings. The number of anilines is 1. The highest BCUT2D eigenvalue weighted by Gasteiger charge is 2.05. The highest BCUT2D eigenvalue weighted by molar-refractivity contribution is 9.11. The third-order valence-corrected chi connectivity index (χ3v) is 3.88. The Morgan fingerprint density at radius 3 is 2.33 bits per heavy atom. The topological polar surface area (TPSA) is 35.8 Å². The maximum Gasteiger partial charge on any atom is 0.0995 e. The molecule has 0 aliphatic heterocycles. The van der Waals surface area contributed by atoms with Gasteiger partial charge in [0.05, 0.1) is 17.3 Å². The van der Waals surface area contributed by atoms with E-state index in [1.165, 1.54) is 0 Å². The first kappa shape index (κ1) is 13.1. The Morgan fingerprint density at radius 2 is 1.67 bits per heavy atom. The number of para-hydroxylation sites is 1. The normalized spacial score (nSPS) is 9.83. The maximum absolute atomic E-state index is 9.03. The van der Waals surface area contributed by atoms with Crippen molar-refractivity contribution < 1.29 is 0 Å². The van der Waals surface area contributed by atoms with E-state index in [1.54, 1.807) is 0 Å². The molecule has 18 heavy (non-hydrogen) atoms. The van der Waals surface area contributed by atoms with Gasteiger partial charge in [0, 0.05) is 15.5 Å². The fourth-order valence-electron chi connectivity index (χ4n) is 1.63. The van der Waals surface area contributed by atoms with Crippen molar-refractivity contribution in [2.24, 2.45) is 0 Å². The summed E-state index contributed by atoms with van der Waals surface area (Å²) >= 11 is 7.00. The van der Waals surface area contributed by atoms with Crippen LogP contribution in [0.4, 0.5) is 5.69 Å². The molecule has 0 bridgehead atoms. The van der Waals surface area contributed by atoms with Gasteiger partial charge in [-0.3, -0.25) is 0 Å². The average molecular weight is 366 g/mol. The van der Waals surface area contributed by atoms with Gasteiger partial charge in [-0.25, -0.2) is 0 Å². The molecule has 0 saturated heterocycles. The summed E-state index contributed by atoms with van der Waals surface area (Å²) in [5.74, 6) is 0. The van der Waals surface area contributed by atoms with Gasteiger partial charge in [0.25, 0.3) is 0 Å². The Bertz CT molecular complexity index is 583. The molecule has 0 spiro atoms. The van der Waals surface area contributed by atoms with Crippen molar-refractivity contribution in [2.45, 2.75) is 6.54 Å². The Labute approximate surface area is 123 Å². The van der Waals surface area contributed by atoms with Crippen LogP contribution in [0.1, 0.15) is 11.1 Å². The number of hydrogen-bond acceptors (Lipinski definition) is 2. The molecular formula is C14H10Br2N2. The number of benzene rings is 2. The van der Waals surface area contributed by atoms with E-state index in [4.69, 9.17) is 5.26 Å². The van der Waals surface area contributed by atoms with E-state index in [1.807, 2.05) is 42.5 Å². The molecule has 2 aromatic carbocycles. The van der Waals surface area contributed by atoms with Gasteiger partial charge in [0.2, 0.25) is 0 Å². The van der Waals surface area contributed by atoms with Crippen molar-refractivity contribution in [3.05, 3.63) is 62.5 Å². The van der Waals surface area contributed by atoms with Crippen LogP contribution in [0.3, 0.4) is 0 Å². The second-order valence-electron chi connectivity index (χ2n) is 3.72. The van der Waals surface area contributed by atoms with Crippen molar-refractivity contribution in [1.82, 2.24) is 0 Å². The Hall–Kier alpha value is -1.31. The third kappa shape index (κ3) is 2.92. The highest BCUT2D eigenvalue weighted by Crippen LogP contribution is 2.31. The van der Waals surface area contributed by atoms with Gasteiger partial charge < -0.3 is 5.32 Å². The zero-order valence-corrected chi connectivity index (χ0v) is 12.6. The van der Waals surface area contributed by atoms with E-state index < -0.39 is 0 Å². The molecule has 0 saturated carbocycles. The van der Waals surface area contributed by atoms with Gasteiger partial charge in [-0.15, -0.1) is 0 Å². The van der Waals surface area contributed by atoms with Crippen molar-refractivity contribution >= 4 is 37.5 Å². The van der Waals surface area contributed by atoms with Crippen molar-refractivity contribution in [3.63, 3.8) is 0 Å².